The van der Waals surface area contributed by atoms with Gasteiger partial charge in [0.05, 0.1) is 6.61 Å². The van der Waals surface area contributed by atoms with Gasteiger partial charge in [0.15, 0.2) is 0 Å². The van der Waals surface area contributed by atoms with Crippen molar-refractivity contribution in [1.29, 1.82) is 0 Å². The Kier molecular flexibility index (Phi) is 6.25. The van der Waals surface area contributed by atoms with E-state index in [1.165, 1.54) is 11.1 Å². The molecule has 134 valence electrons. The van der Waals surface area contributed by atoms with Crippen LogP contribution in [0.5, 0.6) is 5.75 Å². The lowest BCUT2D eigenvalue weighted by atomic mass is 10.2. The largest absolute Gasteiger partial charge is 0.494 e. The first kappa shape index (κ1) is 17.7. The number of nitrogens with one attached hydrogen (secondary N) is 1. The number of likely N-dealkylation sites (N-methyl/N-ethyl adjacent to an activating group) is 1. The Bertz CT molecular complexity index is 651. The Morgan fingerprint density at radius 2 is 1.80 bits per heavy atom. The van der Waals surface area contributed by atoms with Crippen molar-refractivity contribution >= 4 is 5.82 Å². The predicted molar refractivity (Wildman–Crippen MR) is 102 cm³/mol. The number of nitrogens with zero attached hydrogens (tertiary/aromatic N) is 3. The minimum Gasteiger partial charge on any atom is -0.494 e. The second-order valence-corrected chi connectivity index (χ2v) is 6.46. The van der Waals surface area contributed by atoms with E-state index in [4.69, 9.17) is 4.74 Å². The van der Waals surface area contributed by atoms with E-state index in [2.05, 4.69) is 45.3 Å². The Balaban J connectivity index is 1.56. The van der Waals surface area contributed by atoms with Gasteiger partial charge in [-0.2, -0.15) is 0 Å². The Morgan fingerprint density at radius 3 is 2.52 bits per heavy atom. The first-order chi connectivity index (χ1) is 12.3. The van der Waals surface area contributed by atoms with Crippen LogP contribution in [0.15, 0.2) is 42.6 Å². The topological polar surface area (TPSA) is 40.6 Å². The number of pyridine rings is 1. The Morgan fingerprint density at radius 1 is 1.04 bits per heavy atom. The van der Waals surface area contributed by atoms with Gasteiger partial charge in [-0.3, -0.25) is 0 Å². The summed E-state index contributed by atoms with van der Waals surface area (Å²) in [5.74, 6) is 2.05. The van der Waals surface area contributed by atoms with Crippen molar-refractivity contribution < 1.29 is 4.74 Å². The van der Waals surface area contributed by atoms with Gasteiger partial charge in [0.2, 0.25) is 0 Å². The third kappa shape index (κ3) is 4.94. The molecular weight excluding hydrogens is 312 g/mol. The molecule has 1 fully saturated rings. The molecule has 0 amide bonds. The van der Waals surface area contributed by atoms with Crippen LogP contribution in [0.25, 0.3) is 0 Å². The summed E-state index contributed by atoms with van der Waals surface area (Å²) in [7, 11) is 2.18. The maximum Gasteiger partial charge on any atom is 0.133 e. The first-order valence-corrected chi connectivity index (χ1v) is 9.06. The van der Waals surface area contributed by atoms with Crippen LogP contribution < -0.4 is 15.0 Å². The maximum atomic E-state index is 5.49. The molecule has 2 heterocycles. The van der Waals surface area contributed by atoms with Crippen LogP contribution in [0.1, 0.15) is 18.1 Å². The number of anilines is 1. The molecule has 5 nitrogen and oxygen atoms in total. The lowest BCUT2D eigenvalue weighted by Gasteiger charge is -2.34. The van der Waals surface area contributed by atoms with Gasteiger partial charge in [0, 0.05) is 51.0 Å². The van der Waals surface area contributed by atoms with Crippen LogP contribution in [0.3, 0.4) is 0 Å². The van der Waals surface area contributed by atoms with Crippen LogP contribution >= 0.6 is 0 Å². The van der Waals surface area contributed by atoms with E-state index in [-0.39, 0.29) is 0 Å². The third-order valence-electron chi connectivity index (χ3n) is 4.55. The second kappa shape index (κ2) is 8.83. The van der Waals surface area contributed by atoms with Crippen molar-refractivity contribution in [2.45, 2.75) is 20.0 Å². The Labute approximate surface area is 150 Å². The van der Waals surface area contributed by atoms with Crippen molar-refractivity contribution in [3.63, 3.8) is 0 Å². The van der Waals surface area contributed by atoms with Gasteiger partial charge in [-0.15, -0.1) is 0 Å². The molecule has 1 N–H and O–H groups in total. The maximum absolute atomic E-state index is 5.49. The van der Waals surface area contributed by atoms with Crippen LogP contribution in [0, 0.1) is 0 Å². The minimum absolute atomic E-state index is 0.702. The summed E-state index contributed by atoms with van der Waals surface area (Å²) in [5, 5.41) is 3.54. The number of ether oxygens (including phenoxy) is 1. The molecular formula is C20H28N4O. The lowest BCUT2D eigenvalue weighted by molar-refractivity contribution is 0.311. The average Bonchev–Trinajstić information content (AvgIpc) is 2.65. The quantitative estimate of drug-likeness (QED) is 0.839. The van der Waals surface area contributed by atoms with Crippen molar-refractivity contribution in [1.82, 2.24) is 15.2 Å². The van der Waals surface area contributed by atoms with Gasteiger partial charge < -0.3 is 19.9 Å². The molecule has 1 saturated heterocycles. The highest BCUT2D eigenvalue weighted by Gasteiger charge is 2.17. The molecule has 2 aromatic rings. The van der Waals surface area contributed by atoms with Crippen LogP contribution in [-0.4, -0.2) is 49.7 Å². The molecule has 5 heteroatoms. The summed E-state index contributed by atoms with van der Waals surface area (Å²) in [5.41, 5.74) is 2.52. The monoisotopic (exact) mass is 340 g/mol. The van der Waals surface area contributed by atoms with E-state index in [9.17, 15) is 0 Å². The molecule has 1 aromatic heterocycles. The molecule has 25 heavy (non-hydrogen) atoms. The highest BCUT2D eigenvalue weighted by Crippen LogP contribution is 2.19. The lowest BCUT2D eigenvalue weighted by Crippen LogP contribution is -2.45. The van der Waals surface area contributed by atoms with Gasteiger partial charge in [0.25, 0.3) is 0 Å². The fourth-order valence-electron chi connectivity index (χ4n) is 3.08. The van der Waals surface area contributed by atoms with Gasteiger partial charge in [0.1, 0.15) is 11.6 Å². The number of hydrogen-bond acceptors (Lipinski definition) is 5. The predicted octanol–water partition coefficient (Wildman–Crippen LogP) is 2.52. The van der Waals surface area contributed by atoms with Crippen molar-refractivity contribution in [2.24, 2.45) is 0 Å². The Hall–Kier alpha value is -2.11. The van der Waals surface area contributed by atoms with E-state index in [0.717, 1.165) is 50.8 Å². The van der Waals surface area contributed by atoms with E-state index < -0.39 is 0 Å². The second-order valence-electron chi connectivity index (χ2n) is 6.46. The standard InChI is InChI=1S/C20H28N4O/c1-3-25-19-8-6-17(7-9-19)15-21-16-18-5-4-10-22-20(18)24-13-11-23(2)12-14-24/h4-10,21H,3,11-16H2,1-2H3. The van der Waals surface area contributed by atoms with Crippen LogP contribution in [0.2, 0.25) is 0 Å². The van der Waals surface area contributed by atoms with Gasteiger partial charge >= 0.3 is 0 Å². The van der Waals surface area contributed by atoms with Gasteiger partial charge in [-0.05, 0) is 37.7 Å². The zero-order valence-corrected chi connectivity index (χ0v) is 15.2. The zero-order chi connectivity index (χ0) is 17.5. The molecule has 3 rings (SSSR count). The molecule has 0 saturated carbocycles. The first-order valence-electron chi connectivity index (χ1n) is 9.06. The van der Waals surface area contributed by atoms with Crippen molar-refractivity contribution in [3.05, 3.63) is 53.7 Å². The average molecular weight is 340 g/mol. The molecule has 0 unspecified atom stereocenters. The fourth-order valence-corrected chi connectivity index (χ4v) is 3.08. The number of piperazine rings is 1. The SMILES string of the molecule is CCOc1ccc(CNCc2cccnc2N2CCN(C)CC2)cc1. The van der Waals surface area contributed by atoms with E-state index in [1.54, 1.807) is 0 Å². The summed E-state index contributed by atoms with van der Waals surface area (Å²) < 4.78 is 5.49. The molecule has 1 aromatic carbocycles. The minimum atomic E-state index is 0.702. The van der Waals surface area contributed by atoms with Crippen molar-refractivity contribution in [2.75, 3.05) is 44.7 Å². The van der Waals surface area contributed by atoms with E-state index >= 15 is 0 Å². The van der Waals surface area contributed by atoms with Crippen LogP contribution in [0.4, 0.5) is 5.82 Å². The van der Waals surface area contributed by atoms with Gasteiger partial charge in [-0.25, -0.2) is 4.98 Å². The summed E-state index contributed by atoms with van der Waals surface area (Å²) in [6, 6.07) is 12.5. The fraction of sp³-hybridized carbons (Fsp3) is 0.450. The zero-order valence-electron chi connectivity index (χ0n) is 15.2. The summed E-state index contributed by atoms with van der Waals surface area (Å²) in [4.78, 5) is 9.40. The third-order valence-corrected chi connectivity index (χ3v) is 4.55. The molecule has 0 atom stereocenters. The molecule has 0 bridgehead atoms. The summed E-state index contributed by atoms with van der Waals surface area (Å²) in [6.45, 7) is 8.63. The van der Waals surface area contributed by atoms with E-state index in [0.29, 0.717) is 6.61 Å². The van der Waals surface area contributed by atoms with Gasteiger partial charge in [-0.1, -0.05) is 18.2 Å². The molecule has 0 spiro atoms. The number of benzene rings is 1. The van der Waals surface area contributed by atoms with E-state index in [1.807, 2.05) is 31.3 Å². The number of aromatic nitrogens is 1. The van der Waals surface area contributed by atoms with Crippen molar-refractivity contribution in [3.8, 4) is 5.75 Å². The van der Waals surface area contributed by atoms with Crippen LogP contribution in [-0.2, 0) is 13.1 Å². The number of hydrogen-bond donors (Lipinski definition) is 1. The number of rotatable bonds is 7. The normalized spacial score (nSPS) is 15.4. The summed E-state index contributed by atoms with van der Waals surface area (Å²) in [6.07, 6.45) is 1.89. The summed E-state index contributed by atoms with van der Waals surface area (Å²) >= 11 is 0. The highest BCUT2D eigenvalue weighted by atomic mass is 16.5. The smallest absolute Gasteiger partial charge is 0.133 e. The highest BCUT2D eigenvalue weighted by molar-refractivity contribution is 5.47. The molecule has 1 aliphatic heterocycles. The molecule has 1 aliphatic rings. The molecule has 0 radical (unpaired) electrons. The molecule has 0 aliphatic carbocycles.